The van der Waals surface area contributed by atoms with Crippen LogP contribution in [0.3, 0.4) is 0 Å². The van der Waals surface area contributed by atoms with Crippen LogP contribution in [0.5, 0.6) is 0 Å². The highest BCUT2D eigenvalue weighted by molar-refractivity contribution is 9.10. The van der Waals surface area contributed by atoms with E-state index in [2.05, 4.69) is 27.0 Å². The molecule has 1 heterocycles. The molecule has 0 aromatic carbocycles. The fourth-order valence-electron chi connectivity index (χ4n) is 2.56. The first-order valence-corrected chi connectivity index (χ1v) is 7.20. The van der Waals surface area contributed by atoms with Gasteiger partial charge in [0.15, 0.2) is 0 Å². The molecule has 0 bridgehead atoms. The highest BCUT2D eigenvalue weighted by atomic mass is 79.9. The number of hydrogen-bond acceptors (Lipinski definition) is 3. The minimum absolute atomic E-state index is 0.198. The average molecular weight is 322 g/mol. The number of rotatable bonds is 2. The molecular formula is C14H16BrN3O. The van der Waals surface area contributed by atoms with Crippen LogP contribution in [-0.4, -0.2) is 28.4 Å². The summed E-state index contributed by atoms with van der Waals surface area (Å²) in [4.78, 5) is 18.2. The zero-order valence-corrected chi connectivity index (χ0v) is 12.5. The third-order valence-corrected chi connectivity index (χ3v) is 4.44. The second-order valence-electron chi connectivity index (χ2n) is 4.90. The average Bonchev–Trinajstić information content (AvgIpc) is 2.47. The first kappa shape index (κ1) is 14.0. The van der Waals surface area contributed by atoms with Gasteiger partial charge in [-0.05, 0) is 40.9 Å². The zero-order chi connectivity index (χ0) is 13.9. The third kappa shape index (κ3) is 2.64. The monoisotopic (exact) mass is 321 g/mol. The van der Waals surface area contributed by atoms with Gasteiger partial charge in [-0.1, -0.05) is 19.3 Å². The molecule has 1 aromatic heterocycles. The second kappa shape index (κ2) is 5.70. The van der Waals surface area contributed by atoms with Crippen molar-refractivity contribution in [3.63, 3.8) is 0 Å². The summed E-state index contributed by atoms with van der Waals surface area (Å²) in [7, 11) is 1.71. The van der Waals surface area contributed by atoms with E-state index in [1.54, 1.807) is 30.3 Å². The van der Waals surface area contributed by atoms with Gasteiger partial charge in [-0.3, -0.25) is 4.79 Å². The summed E-state index contributed by atoms with van der Waals surface area (Å²) in [6.07, 6.45) is 6.21. The number of amides is 1. The van der Waals surface area contributed by atoms with Crippen molar-refractivity contribution in [1.29, 1.82) is 5.26 Å². The summed E-state index contributed by atoms with van der Waals surface area (Å²) in [5, 5.41) is 9.50. The molecule has 1 aliphatic rings. The lowest BCUT2D eigenvalue weighted by Gasteiger charge is -2.38. The molecular weight excluding hydrogens is 306 g/mol. The number of nitrogens with zero attached hydrogens (tertiary/aromatic N) is 3. The van der Waals surface area contributed by atoms with Crippen molar-refractivity contribution < 1.29 is 4.79 Å². The summed E-state index contributed by atoms with van der Waals surface area (Å²) >= 11 is 3.34. The standard InChI is InChI=1S/C14H16BrN3O/c1-18(14(10-16)7-3-2-4-8-14)13(19)12-11(15)6-5-9-17-12/h5-6,9H,2-4,7-8H2,1H3. The second-order valence-corrected chi connectivity index (χ2v) is 5.76. The van der Waals surface area contributed by atoms with Gasteiger partial charge in [0.2, 0.25) is 0 Å². The van der Waals surface area contributed by atoms with E-state index < -0.39 is 5.54 Å². The number of halogens is 1. The fourth-order valence-corrected chi connectivity index (χ4v) is 2.98. The Balaban J connectivity index is 2.28. The first-order valence-electron chi connectivity index (χ1n) is 6.41. The Bertz CT molecular complexity index is 518. The molecule has 0 radical (unpaired) electrons. The molecule has 1 aliphatic carbocycles. The molecule has 1 amide bonds. The Morgan fingerprint density at radius 3 is 2.74 bits per heavy atom. The van der Waals surface area contributed by atoms with Crippen LogP contribution >= 0.6 is 15.9 Å². The van der Waals surface area contributed by atoms with Gasteiger partial charge >= 0.3 is 0 Å². The van der Waals surface area contributed by atoms with Crippen LogP contribution in [0.4, 0.5) is 0 Å². The maximum absolute atomic E-state index is 12.5. The van der Waals surface area contributed by atoms with E-state index in [9.17, 15) is 10.1 Å². The van der Waals surface area contributed by atoms with Crippen LogP contribution in [0.1, 0.15) is 42.6 Å². The van der Waals surface area contributed by atoms with Crippen molar-refractivity contribution in [2.24, 2.45) is 0 Å². The molecule has 0 N–H and O–H groups in total. The number of nitriles is 1. The molecule has 0 atom stereocenters. The lowest BCUT2D eigenvalue weighted by atomic mass is 9.81. The molecule has 1 fully saturated rings. The molecule has 0 aliphatic heterocycles. The lowest BCUT2D eigenvalue weighted by molar-refractivity contribution is 0.0582. The Morgan fingerprint density at radius 2 is 2.16 bits per heavy atom. The SMILES string of the molecule is CN(C(=O)c1ncccc1Br)C1(C#N)CCCCC1. The topological polar surface area (TPSA) is 57.0 Å². The summed E-state index contributed by atoms with van der Waals surface area (Å²) < 4.78 is 0.663. The summed E-state index contributed by atoms with van der Waals surface area (Å²) in [6, 6.07) is 5.90. The Kier molecular flexibility index (Phi) is 4.20. The van der Waals surface area contributed by atoms with Crippen molar-refractivity contribution in [2.75, 3.05) is 7.05 Å². The fraction of sp³-hybridized carbons (Fsp3) is 0.500. The van der Waals surface area contributed by atoms with Crippen molar-refractivity contribution in [3.05, 3.63) is 28.5 Å². The van der Waals surface area contributed by atoms with Crippen LogP contribution in [0.25, 0.3) is 0 Å². The number of hydrogen-bond donors (Lipinski definition) is 0. The van der Waals surface area contributed by atoms with Crippen LogP contribution in [0.2, 0.25) is 0 Å². The molecule has 1 saturated carbocycles. The number of carbonyl (C=O) groups is 1. The third-order valence-electron chi connectivity index (χ3n) is 3.80. The highest BCUT2D eigenvalue weighted by Crippen LogP contribution is 2.33. The summed E-state index contributed by atoms with van der Waals surface area (Å²) in [6.45, 7) is 0. The van der Waals surface area contributed by atoms with Crippen LogP contribution < -0.4 is 0 Å². The quantitative estimate of drug-likeness (QED) is 0.840. The molecule has 0 unspecified atom stereocenters. The molecule has 0 spiro atoms. The summed E-state index contributed by atoms with van der Waals surface area (Å²) in [5.41, 5.74) is -0.308. The highest BCUT2D eigenvalue weighted by Gasteiger charge is 2.39. The Labute approximate surface area is 121 Å². The largest absolute Gasteiger partial charge is 0.322 e. The predicted molar refractivity (Wildman–Crippen MR) is 75.5 cm³/mol. The molecule has 5 heteroatoms. The van der Waals surface area contributed by atoms with Gasteiger partial charge in [0.1, 0.15) is 11.2 Å². The maximum atomic E-state index is 12.5. The predicted octanol–water partition coefficient (Wildman–Crippen LogP) is 3.14. The lowest BCUT2D eigenvalue weighted by Crippen LogP contribution is -2.50. The van der Waals surface area contributed by atoms with E-state index in [4.69, 9.17) is 0 Å². The number of pyridine rings is 1. The van der Waals surface area contributed by atoms with Gasteiger partial charge in [0.05, 0.1) is 6.07 Å². The van der Waals surface area contributed by atoms with Crippen molar-refractivity contribution in [2.45, 2.75) is 37.6 Å². The van der Waals surface area contributed by atoms with E-state index in [1.807, 2.05) is 0 Å². The number of aromatic nitrogens is 1. The first-order chi connectivity index (χ1) is 9.10. The van der Waals surface area contributed by atoms with E-state index in [-0.39, 0.29) is 5.91 Å². The molecule has 100 valence electrons. The van der Waals surface area contributed by atoms with Crippen LogP contribution in [0.15, 0.2) is 22.8 Å². The van der Waals surface area contributed by atoms with Crippen LogP contribution in [0, 0.1) is 11.3 Å². The number of carbonyl (C=O) groups excluding carboxylic acids is 1. The maximum Gasteiger partial charge on any atom is 0.274 e. The van der Waals surface area contributed by atoms with Crippen molar-refractivity contribution >= 4 is 21.8 Å². The van der Waals surface area contributed by atoms with E-state index >= 15 is 0 Å². The van der Waals surface area contributed by atoms with Crippen molar-refractivity contribution in [1.82, 2.24) is 9.88 Å². The Morgan fingerprint density at radius 1 is 1.47 bits per heavy atom. The minimum atomic E-state index is -0.674. The smallest absolute Gasteiger partial charge is 0.274 e. The van der Waals surface area contributed by atoms with Gasteiger partial charge in [-0.2, -0.15) is 5.26 Å². The van der Waals surface area contributed by atoms with Crippen molar-refractivity contribution in [3.8, 4) is 6.07 Å². The molecule has 4 nitrogen and oxygen atoms in total. The minimum Gasteiger partial charge on any atom is -0.322 e. The van der Waals surface area contributed by atoms with Crippen LogP contribution in [-0.2, 0) is 0 Å². The summed E-state index contributed by atoms with van der Waals surface area (Å²) in [5.74, 6) is -0.198. The van der Waals surface area contributed by atoms with Gasteiger partial charge in [0, 0.05) is 17.7 Å². The molecule has 2 rings (SSSR count). The zero-order valence-electron chi connectivity index (χ0n) is 10.9. The van der Waals surface area contributed by atoms with E-state index in [1.165, 1.54) is 0 Å². The van der Waals surface area contributed by atoms with Gasteiger partial charge < -0.3 is 4.90 Å². The molecule has 1 aromatic rings. The van der Waals surface area contributed by atoms with E-state index in [0.29, 0.717) is 10.2 Å². The van der Waals surface area contributed by atoms with Gasteiger partial charge in [-0.25, -0.2) is 4.98 Å². The normalized spacial score (nSPS) is 17.5. The van der Waals surface area contributed by atoms with Gasteiger partial charge in [0.25, 0.3) is 5.91 Å². The van der Waals surface area contributed by atoms with Gasteiger partial charge in [-0.15, -0.1) is 0 Å². The molecule has 19 heavy (non-hydrogen) atoms. The Hall–Kier alpha value is -1.41. The molecule has 0 saturated heterocycles. The van der Waals surface area contributed by atoms with E-state index in [0.717, 1.165) is 32.1 Å².